The van der Waals surface area contributed by atoms with Gasteiger partial charge in [-0.05, 0) is 20.3 Å². The van der Waals surface area contributed by atoms with Crippen LogP contribution in [-0.2, 0) is 29.4 Å². The van der Waals surface area contributed by atoms with Gasteiger partial charge in [0, 0.05) is 26.7 Å². The van der Waals surface area contributed by atoms with E-state index in [-0.39, 0.29) is 6.04 Å². The second-order valence-corrected chi connectivity index (χ2v) is 4.71. The molecule has 0 radical (unpaired) electrons. The number of aryl methyl sites for hydroxylation is 2. The Morgan fingerprint density at radius 1 is 1.26 bits per heavy atom. The van der Waals surface area contributed by atoms with Crippen LogP contribution in [0.1, 0.15) is 32.2 Å². The van der Waals surface area contributed by atoms with Crippen LogP contribution >= 0.6 is 11.6 Å². The molecule has 2 N–H and O–H groups in total. The molecule has 19 heavy (non-hydrogen) atoms. The van der Waals surface area contributed by atoms with Gasteiger partial charge in [0.25, 0.3) is 0 Å². The number of rotatable bonds is 8. The molecule has 5 nitrogen and oxygen atoms in total. The first kappa shape index (κ1) is 16.4. The van der Waals surface area contributed by atoms with Crippen molar-refractivity contribution in [2.24, 2.45) is 12.8 Å². The molecular formula is C13H24ClN3O2. The van der Waals surface area contributed by atoms with Gasteiger partial charge in [0.05, 0.1) is 22.5 Å². The number of aromatic nitrogens is 2. The van der Waals surface area contributed by atoms with Crippen molar-refractivity contribution in [3.63, 3.8) is 0 Å². The third-order valence-corrected chi connectivity index (χ3v) is 3.38. The lowest BCUT2D eigenvalue weighted by Crippen LogP contribution is -2.41. The number of halogens is 1. The Bertz CT molecular complexity index is 389. The van der Waals surface area contributed by atoms with Gasteiger partial charge in [-0.2, -0.15) is 5.10 Å². The second-order valence-electron chi connectivity index (χ2n) is 4.33. The van der Waals surface area contributed by atoms with Gasteiger partial charge < -0.3 is 15.2 Å². The van der Waals surface area contributed by atoms with Crippen molar-refractivity contribution in [2.75, 3.05) is 13.2 Å². The average molecular weight is 290 g/mol. The monoisotopic (exact) mass is 289 g/mol. The molecule has 0 bridgehead atoms. The molecule has 0 fully saturated rings. The number of hydrogen-bond donors (Lipinski definition) is 1. The largest absolute Gasteiger partial charge is 0.351 e. The Labute approximate surface area is 120 Å². The standard InChI is InChI=1S/C13H24ClN3O2/c1-5-10-12(14)11(17(4)16-10)8-9(15)13(18-6-2)19-7-3/h9,13H,5-8,15H2,1-4H3. The second kappa shape index (κ2) is 7.85. The summed E-state index contributed by atoms with van der Waals surface area (Å²) in [5.41, 5.74) is 7.99. The van der Waals surface area contributed by atoms with E-state index in [0.29, 0.717) is 24.7 Å². The van der Waals surface area contributed by atoms with Gasteiger partial charge in [0.2, 0.25) is 0 Å². The average Bonchev–Trinajstić information content (AvgIpc) is 2.65. The molecule has 1 rings (SSSR count). The molecule has 6 heteroatoms. The molecular weight excluding hydrogens is 266 g/mol. The molecule has 0 spiro atoms. The van der Waals surface area contributed by atoms with Gasteiger partial charge in [-0.25, -0.2) is 0 Å². The first-order chi connectivity index (χ1) is 9.04. The van der Waals surface area contributed by atoms with E-state index in [1.807, 2.05) is 27.8 Å². The predicted molar refractivity (Wildman–Crippen MR) is 76.3 cm³/mol. The SMILES string of the molecule is CCOC(OCC)C(N)Cc1c(Cl)c(CC)nn1C. The quantitative estimate of drug-likeness (QED) is 0.743. The maximum absolute atomic E-state index is 6.31. The molecule has 0 aliphatic heterocycles. The Morgan fingerprint density at radius 3 is 2.26 bits per heavy atom. The van der Waals surface area contributed by atoms with E-state index in [4.69, 9.17) is 26.8 Å². The van der Waals surface area contributed by atoms with E-state index in [9.17, 15) is 0 Å². The van der Waals surface area contributed by atoms with Crippen LogP contribution in [-0.4, -0.2) is 35.3 Å². The normalized spacial score (nSPS) is 13.2. The summed E-state index contributed by atoms with van der Waals surface area (Å²) >= 11 is 6.31. The van der Waals surface area contributed by atoms with Crippen LogP contribution in [0.4, 0.5) is 0 Å². The minimum Gasteiger partial charge on any atom is -0.351 e. The molecule has 0 aliphatic carbocycles. The topological polar surface area (TPSA) is 62.3 Å². The van der Waals surface area contributed by atoms with Gasteiger partial charge in [-0.1, -0.05) is 18.5 Å². The van der Waals surface area contributed by atoms with E-state index < -0.39 is 6.29 Å². The first-order valence-electron chi connectivity index (χ1n) is 6.74. The van der Waals surface area contributed by atoms with E-state index in [0.717, 1.165) is 17.8 Å². The Balaban J connectivity index is 2.79. The highest BCUT2D eigenvalue weighted by molar-refractivity contribution is 6.31. The highest BCUT2D eigenvalue weighted by atomic mass is 35.5. The maximum Gasteiger partial charge on any atom is 0.172 e. The molecule has 0 aliphatic rings. The molecule has 0 saturated carbocycles. The van der Waals surface area contributed by atoms with Crippen LogP contribution in [0.25, 0.3) is 0 Å². The number of hydrogen-bond acceptors (Lipinski definition) is 4. The molecule has 0 amide bonds. The number of nitrogens with zero attached hydrogens (tertiary/aromatic N) is 2. The summed E-state index contributed by atoms with van der Waals surface area (Å²) in [5.74, 6) is 0. The summed E-state index contributed by atoms with van der Waals surface area (Å²) in [6.07, 6.45) is 0.973. The summed E-state index contributed by atoms with van der Waals surface area (Å²) < 4.78 is 12.8. The van der Waals surface area contributed by atoms with E-state index >= 15 is 0 Å². The zero-order valence-electron chi connectivity index (χ0n) is 12.1. The molecule has 0 saturated heterocycles. The first-order valence-corrected chi connectivity index (χ1v) is 7.11. The predicted octanol–water partition coefficient (Wildman–Crippen LogP) is 1.90. The van der Waals surface area contributed by atoms with Gasteiger partial charge >= 0.3 is 0 Å². The van der Waals surface area contributed by atoms with Crippen molar-refractivity contribution in [3.8, 4) is 0 Å². The van der Waals surface area contributed by atoms with Crippen molar-refractivity contribution < 1.29 is 9.47 Å². The zero-order chi connectivity index (χ0) is 14.4. The molecule has 110 valence electrons. The van der Waals surface area contributed by atoms with Crippen LogP contribution in [0.15, 0.2) is 0 Å². The Kier molecular flexibility index (Phi) is 6.79. The van der Waals surface area contributed by atoms with E-state index in [2.05, 4.69) is 5.10 Å². The zero-order valence-corrected chi connectivity index (χ0v) is 12.9. The molecule has 0 aromatic carbocycles. The highest BCUT2D eigenvalue weighted by Gasteiger charge is 2.23. The van der Waals surface area contributed by atoms with Crippen LogP contribution < -0.4 is 5.73 Å². The lowest BCUT2D eigenvalue weighted by atomic mass is 10.1. The molecule has 1 unspecified atom stereocenters. The molecule has 1 heterocycles. The fourth-order valence-electron chi connectivity index (χ4n) is 1.98. The minimum atomic E-state index is -0.411. The van der Waals surface area contributed by atoms with Crippen LogP contribution in [0.3, 0.4) is 0 Å². The number of nitrogens with two attached hydrogens (primary N) is 1. The number of ether oxygens (including phenoxy) is 2. The summed E-state index contributed by atoms with van der Waals surface area (Å²) in [6, 6.07) is -0.266. The molecule has 1 aromatic rings. The van der Waals surface area contributed by atoms with E-state index in [1.165, 1.54) is 0 Å². The third-order valence-electron chi connectivity index (χ3n) is 2.94. The minimum absolute atomic E-state index is 0.266. The summed E-state index contributed by atoms with van der Waals surface area (Å²) in [4.78, 5) is 0. The van der Waals surface area contributed by atoms with Crippen molar-refractivity contribution in [2.45, 2.75) is 45.9 Å². The highest BCUT2D eigenvalue weighted by Crippen LogP contribution is 2.22. The van der Waals surface area contributed by atoms with Crippen molar-refractivity contribution >= 4 is 11.6 Å². The Morgan fingerprint density at radius 2 is 1.84 bits per heavy atom. The Hall–Kier alpha value is -0.620. The van der Waals surface area contributed by atoms with Crippen molar-refractivity contribution in [1.29, 1.82) is 0 Å². The van der Waals surface area contributed by atoms with Crippen LogP contribution in [0.2, 0.25) is 5.02 Å². The fourth-order valence-corrected chi connectivity index (χ4v) is 2.36. The lowest BCUT2D eigenvalue weighted by Gasteiger charge is -2.23. The van der Waals surface area contributed by atoms with Gasteiger partial charge in [0.1, 0.15) is 0 Å². The van der Waals surface area contributed by atoms with Crippen molar-refractivity contribution in [1.82, 2.24) is 9.78 Å². The lowest BCUT2D eigenvalue weighted by molar-refractivity contribution is -0.148. The maximum atomic E-state index is 6.31. The van der Waals surface area contributed by atoms with Gasteiger partial charge in [0.15, 0.2) is 6.29 Å². The summed E-state index contributed by atoms with van der Waals surface area (Å²) in [7, 11) is 1.88. The molecule has 1 atom stereocenters. The van der Waals surface area contributed by atoms with Gasteiger partial charge in [-0.15, -0.1) is 0 Å². The van der Waals surface area contributed by atoms with Gasteiger partial charge in [-0.3, -0.25) is 4.68 Å². The van der Waals surface area contributed by atoms with Crippen molar-refractivity contribution in [3.05, 3.63) is 16.4 Å². The van der Waals surface area contributed by atoms with Crippen LogP contribution in [0.5, 0.6) is 0 Å². The fraction of sp³-hybridized carbons (Fsp3) is 0.769. The summed E-state index contributed by atoms with van der Waals surface area (Å²) in [5, 5.41) is 5.08. The van der Waals surface area contributed by atoms with Crippen LogP contribution in [0, 0.1) is 0 Å². The summed E-state index contributed by atoms with van der Waals surface area (Å²) in [6.45, 7) is 7.01. The molecule has 1 aromatic heterocycles. The third kappa shape index (κ3) is 4.18. The van der Waals surface area contributed by atoms with E-state index in [1.54, 1.807) is 4.68 Å². The smallest absolute Gasteiger partial charge is 0.172 e.